The Morgan fingerprint density at radius 2 is 2.41 bits per heavy atom. The first-order valence-corrected chi connectivity index (χ1v) is 6.34. The highest BCUT2D eigenvalue weighted by Crippen LogP contribution is 2.31. The van der Waals surface area contributed by atoms with Gasteiger partial charge in [-0.25, -0.2) is 0 Å². The molecule has 2 aliphatic rings. The number of hydrogen-bond donors (Lipinski definition) is 2. The number of carbonyl (C=O) groups excluding carboxylic acids is 1. The molecule has 17 heavy (non-hydrogen) atoms. The Morgan fingerprint density at radius 3 is 3.12 bits per heavy atom. The predicted molar refractivity (Wildman–Crippen MR) is 63.6 cm³/mol. The summed E-state index contributed by atoms with van der Waals surface area (Å²) in [4.78, 5) is 14.3. The van der Waals surface area contributed by atoms with Gasteiger partial charge in [0, 0.05) is 25.3 Å². The highest BCUT2D eigenvalue weighted by molar-refractivity contribution is 5.92. The van der Waals surface area contributed by atoms with E-state index in [1.165, 1.54) is 25.8 Å². The molecule has 0 bridgehead atoms. The minimum absolute atomic E-state index is 0.0487. The van der Waals surface area contributed by atoms with Crippen LogP contribution < -0.4 is 5.32 Å². The number of H-pyrrole nitrogens is 1. The molecule has 1 aromatic heterocycles. The molecule has 0 aromatic carbocycles. The third kappa shape index (κ3) is 2.49. The molecule has 5 nitrogen and oxygen atoms in total. The molecule has 0 unspecified atom stereocenters. The minimum atomic E-state index is -0.0487. The van der Waals surface area contributed by atoms with Crippen LogP contribution in [0.4, 0.5) is 0 Å². The summed E-state index contributed by atoms with van der Waals surface area (Å²) in [7, 11) is 0. The maximum absolute atomic E-state index is 11.7. The summed E-state index contributed by atoms with van der Waals surface area (Å²) in [6, 6.07) is 2.55. The van der Waals surface area contributed by atoms with E-state index in [0.717, 1.165) is 19.1 Å². The summed E-state index contributed by atoms with van der Waals surface area (Å²) >= 11 is 0. The first-order valence-electron chi connectivity index (χ1n) is 6.34. The molecule has 2 heterocycles. The van der Waals surface area contributed by atoms with Crippen LogP contribution in [-0.2, 0) is 0 Å². The van der Waals surface area contributed by atoms with Crippen LogP contribution in [-0.4, -0.2) is 46.7 Å². The third-order valence-corrected chi connectivity index (χ3v) is 3.68. The molecule has 1 atom stereocenters. The molecule has 1 aliphatic carbocycles. The lowest BCUT2D eigenvalue weighted by molar-refractivity contribution is 0.0942. The van der Waals surface area contributed by atoms with Crippen molar-refractivity contribution in [1.82, 2.24) is 20.4 Å². The molecular weight excluding hydrogens is 216 g/mol. The number of likely N-dealkylation sites (tertiary alicyclic amines) is 1. The van der Waals surface area contributed by atoms with Crippen molar-refractivity contribution in [3.05, 3.63) is 18.0 Å². The SMILES string of the molecule is O=C(NC[C@H]1CCN(C2CC2)C1)c1ccn[nH]1. The van der Waals surface area contributed by atoms with Crippen molar-refractivity contribution >= 4 is 5.91 Å². The van der Waals surface area contributed by atoms with Gasteiger partial charge in [-0.2, -0.15) is 5.10 Å². The highest BCUT2D eigenvalue weighted by atomic mass is 16.1. The summed E-state index contributed by atoms with van der Waals surface area (Å²) in [6.07, 6.45) is 5.54. The van der Waals surface area contributed by atoms with Gasteiger partial charge in [0.05, 0.1) is 0 Å². The lowest BCUT2D eigenvalue weighted by Crippen LogP contribution is -2.31. The summed E-state index contributed by atoms with van der Waals surface area (Å²) < 4.78 is 0. The van der Waals surface area contributed by atoms with E-state index in [2.05, 4.69) is 20.4 Å². The fraction of sp³-hybridized carbons (Fsp3) is 0.667. The predicted octanol–water partition coefficient (Wildman–Crippen LogP) is 0.624. The van der Waals surface area contributed by atoms with E-state index in [1.54, 1.807) is 12.3 Å². The zero-order valence-electron chi connectivity index (χ0n) is 9.85. The lowest BCUT2D eigenvalue weighted by atomic mass is 10.1. The molecular formula is C12H18N4O. The molecule has 2 fully saturated rings. The Bertz CT molecular complexity index is 385. The average Bonchev–Trinajstić information content (AvgIpc) is 2.88. The fourth-order valence-corrected chi connectivity index (χ4v) is 2.52. The van der Waals surface area contributed by atoms with Gasteiger partial charge in [0.2, 0.25) is 0 Å². The van der Waals surface area contributed by atoms with Crippen LogP contribution in [0.5, 0.6) is 0 Å². The standard InChI is InChI=1S/C12H18N4O/c17-12(11-3-5-14-15-11)13-7-9-4-6-16(8-9)10-1-2-10/h3,5,9-10H,1-2,4,6-8H2,(H,13,17)(H,14,15)/t9-/m1/s1. The van der Waals surface area contributed by atoms with Crippen molar-refractivity contribution in [1.29, 1.82) is 0 Å². The Hall–Kier alpha value is -1.36. The zero-order valence-corrected chi connectivity index (χ0v) is 9.85. The molecule has 1 saturated heterocycles. The van der Waals surface area contributed by atoms with Crippen LogP contribution in [0, 0.1) is 5.92 Å². The van der Waals surface area contributed by atoms with Gasteiger partial charge in [-0.15, -0.1) is 0 Å². The third-order valence-electron chi connectivity index (χ3n) is 3.68. The monoisotopic (exact) mass is 234 g/mol. The zero-order chi connectivity index (χ0) is 11.7. The van der Waals surface area contributed by atoms with Crippen LogP contribution >= 0.6 is 0 Å². The Morgan fingerprint density at radius 1 is 1.53 bits per heavy atom. The van der Waals surface area contributed by atoms with Gasteiger partial charge in [0.25, 0.3) is 5.91 Å². The normalized spacial score (nSPS) is 25.1. The van der Waals surface area contributed by atoms with E-state index >= 15 is 0 Å². The van der Waals surface area contributed by atoms with Gasteiger partial charge in [0.1, 0.15) is 5.69 Å². The molecule has 1 amide bonds. The first kappa shape index (κ1) is 10.8. The Balaban J connectivity index is 1.44. The summed E-state index contributed by atoms with van der Waals surface area (Å²) in [5.74, 6) is 0.565. The number of carbonyl (C=O) groups is 1. The van der Waals surface area contributed by atoms with Gasteiger partial charge >= 0.3 is 0 Å². The Kier molecular flexibility index (Phi) is 2.84. The number of aromatic amines is 1. The van der Waals surface area contributed by atoms with Gasteiger partial charge in [-0.05, 0) is 37.8 Å². The van der Waals surface area contributed by atoms with Gasteiger partial charge in [-0.3, -0.25) is 9.89 Å². The second-order valence-electron chi connectivity index (χ2n) is 5.06. The number of hydrogen-bond acceptors (Lipinski definition) is 3. The van der Waals surface area contributed by atoms with E-state index in [-0.39, 0.29) is 5.91 Å². The van der Waals surface area contributed by atoms with Crippen LogP contribution in [0.1, 0.15) is 29.8 Å². The van der Waals surface area contributed by atoms with E-state index in [9.17, 15) is 4.79 Å². The van der Waals surface area contributed by atoms with Crippen molar-refractivity contribution in [2.75, 3.05) is 19.6 Å². The Labute approximate surface area is 101 Å². The number of amides is 1. The van der Waals surface area contributed by atoms with Crippen molar-refractivity contribution in [2.24, 2.45) is 5.92 Å². The minimum Gasteiger partial charge on any atom is -0.350 e. The van der Waals surface area contributed by atoms with Crippen LogP contribution in [0.3, 0.4) is 0 Å². The van der Waals surface area contributed by atoms with E-state index in [0.29, 0.717) is 11.6 Å². The molecule has 2 N–H and O–H groups in total. The molecule has 1 saturated carbocycles. The van der Waals surface area contributed by atoms with E-state index in [4.69, 9.17) is 0 Å². The van der Waals surface area contributed by atoms with Crippen molar-refractivity contribution < 1.29 is 4.79 Å². The topological polar surface area (TPSA) is 61.0 Å². The van der Waals surface area contributed by atoms with Gasteiger partial charge in [-0.1, -0.05) is 0 Å². The maximum Gasteiger partial charge on any atom is 0.269 e. The number of nitrogens with one attached hydrogen (secondary N) is 2. The smallest absolute Gasteiger partial charge is 0.269 e. The van der Waals surface area contributed by atoms with Gasteiger partial charge in [0.15, 0.2) is 0 Å². The second kappa shape index (κ2) is 4.49. The first-order chi connectivity index (χ1) is 8.33. The molecule has 3 rings (SSSR count). The van der Waals surface area contributed by atoms with Crippen molar-refractivity contribution in [3.63, 3.8) is 0 Å². The molecule has 1 aliphatic heterocycles. The molecule has 5 heteroatoms. The quantitative estimate of drug-likeness (QED) is 0.803. The maximum atomic E-state index is 11.7. The number of aromatic nitrogens is 2. The van der Waals surface area contributed by atoms with E-state index in [1.807, 2.05) is 0 Å². The summed E-state index contributed by atoms with van der Waals surface area (Å²) in [5, 5.41) is 9.42. The van der Waals surface area contributed by atoms with Crippen LogP contribution in [0.25, 0.3) is 0 Å². The van der Waals surface area contributed by atoms with Crippen LogP contribution in [0.15, 0.2) is 12.3 Å². The number of rotatable bonds is 4. The molecule has 0 radical (unpaired) electrons. The lowest BCUT2D eigenvalue weighted by Gasteiger charge is -2.14. The molecule has 92 valence electrons. The molecule has 0 spiro atoms. The summed E-state index contributed by atoms with van der Waals surface area (Å²) in [5.41, 5.74) is 0.544. The molecule has 1 aromatic rings. The van der Waals surface area contributed by atoms with Crippen molar-refractivity contribution in [3.8, 4) is 0 Å². The van der Waals surface area contributed by atoms with Gasteiger partial charge < -0.3 is 10.2 Å². The van der Waals surface area contributed by atoms with Crippen LogP contribution in [0.2, 0.25) is 0 Å². The fourth-order valence-electron chi connectivity index (χ4n) is 2.52. The van der Waals surface area contributed by atoms with Crippen molar-refractivity contribution in [2.45, 2.75) is 25.3 Å². The summed E-state index contributed by atoms with van der Waals surface area (Å²) in [6.45, 7) is 3.13. The largest absolute Gasteiger partial charge is 0.350 e. The average molecular weight is 234 g/mol. The number of nitrogens with zero attached hydrogens (tertiary/aromatic N) is 2. The second-order valence-corrected chi connectivity index (χ2v) is 5.06. The highest BCUT2D eigenvalue weighted by Gasteiger charge is 2.34. The van der Waals surface area contributed by atoms with E-state index < -0.39 is 0 Å².